The van der Waals surface area contributed by atoms with Crippen molar-refractivity contribution in [2.24, 2.45) is 0 Å². The highest BCUT2D eigenvalue weighted by Gasteiger charge is 2.24. The van der Waals surface area contributed by atoms with Gasteiger partial charge in [0, 0.05) is 29.3 Å². The summed E-state index contributed by atoms with van der Waals surface area (Å²) in [7, 11) is 0. The first kappa shape index (κ1) is 12.8. The van der Waals surface area contributed by atoms with Crippen molar-refractivity contribution in [2.45, 2.75) is 32.7 Å². The molecule has 4 nitrogen and oxygen atoms in total. The van der Waals surface area contributed by atoms with Crippen LogP contribution in [0.3, 0.4) is 0 Å². The highest BCUT2D eigenvalue weighted by molar-refractivity contribution is 9.10. The van der Waals surface area contributed by atoms with E-state index in [9.17, 15) is 5.11 Å². The fourth-order valence-electron chi connectivity index (χ4n) is 2.23. The molecule has 1 aromatic rings. The Morgan fingerprint density at radius 3 is 2.71 bits per heavy atom. The lowest BCUT2D eigenvalue weighted by Gasteiger charge is -2.36. The van der Waals surface area contributed by atoms with E-state index in [1.165, 1.54) is 0 Å². The minimum Gasteiger partial charge on any atom is -0.392 e. The molecule has 0 radical (unpaired) electrons. The van der Waals surface area contributed by atoms with E-state index in [0.717, 1.165) is 28.9 Å². The number of aromatic nitrogens is 1. The van der Waals surface area contributed by atoms with Crippen LogP contribution < -0.4 is 4.90 Å². The highest BCUT2D eigenvalue weighted by atomic mass is 79.9. The van der Waals surface area contributed by atoms with Crippen LogP contribution in [-0.2, 0) is 11.3 Å². The van der Waals surface area contributed by atoms with Crippen LogP contribution in [0, 0.1) is 0 Å². The summed E-state index contributed by atoms with van der Waals surface area (Å²) in [5.74, 6) is 0.859. The lowest BCUT2D eigenvalue weighted by Crippen LogP contribution is -2.46. The molecule has 17 heavy (non-hydrogen) atoms. The lowest BCUT2D eigenvalue weighted by molar-refractivity contribution is -0.00557. The molecule has 1 aromatic heterocycles. The van der Waals surface area contributed by atoms with Crippen molar-refractivity contribution in [3.05, 3.63) is 22.3 Å². The van der Waals surface area contributed by atoms with Gasteiger partial charge in [0.1, 0.15) is 5.82 Å². The average molecular weight is 301 g/mol. The third kappa shape index (κ3) is 2.97. The Morgan fingerprint density at radius 2 is 2.12 bits per heavy atom. The smallest absolute Gasteiger partial charge is 0.134 e. The van der Waals surface area contributed by atoms with Crippen molar-refractivity contribution in [1.29, 1.82) is 0 Å². The standard InChI is InChI=1S/C12H17BrN2O2/c1-8-5-15(6-9(2)17-8)12-10(7-16)3-11(13)4-14-12/h3-4,8-9,16H,5-7H2,1-2H3. The number of ether oxygens (including phenoxy) is 1. The van der Waals surface area contributed by atoms with Crippen molar-refractivity contribution >= 4 is 21.7 Å². The van der Waals surface area contributed by atoms with Crippen molar-refractivity contribution in [3.63, 3.8) is 0 Å². The number of morpholine rings is 1. The maximum atomic E-state index is 9.39. The van der Waals surface area contributed by atoms with Crippen LogP contribution in [0.15, 0.2) is 16.7 Å². The Hall–Kier alpha value is -0.650. The number of aliphatic hydroxyl groups excluding tert-OH is 1. The first-order valence-corrected chi connectivity index (χ1v) is 6.55. The Labute approximate surface area is 110 Å². The number of rotatable bonds is 2. The SMILES string of the molecule is CC1CN(c2ncc(Br)cc2CO)CC(C)O1. The largest absolute Gasteiger partial charge is 0.392 e. The molecule has 1 aliphatic rings. The van der Waals surface area contributed by atoms with E-state index in [1.54, 1.807) is 6.20 Å². The zero-order valence-corrected chi connectivity index (χ0v) is 11.6. The second-order valence-corrected chi connectivity index (χ2v) is 5.37. The molecule has 2 rings (SSSR count). The van der Waals surface area contributed by atoms with Crippen LogP contribution in [0.5, 0.6) is 0 Å². The summed E-state index contributed by atoms with van der Waals surface area (Å²) in [6.45, 7) is 5.74. The molecule has 2 unspecified atom stereocenters. The summed E-state index contributed by atoms with van der Waals surface area (Å²) in [5.41, 5.74) is 0.848. The monoisotopic (exact) mass is 300 g/mol. The molecule has 5 heteroatoms. The second kappa shape index (κ2) is 5.33. The Bertz CT molecular complexity index is 390. The quantitative estimate of drug-likeness (QED) is 0.907. The number of anilines is 1. The number of hydrogen-bond acceptors (Lipinski definition) is 4. The molecular weight excluding hydrogens is 284 g/mol. The number of hydrogen-bond donors (Lipinski definition) is 1. The van der Waals surface area contributed by atoms with Gasteiger partial charge in [-0.15, -0.1) is 0 Å². The first-order valence-electron chi connectivity index (χ1n) is 5.76. The van der Waals surface area contributed by atoms with E-state index in [2.05, 4.69) is 39.7 Å². The first-order chi connectivity index (χ1) is 8.10. The molecule has 0 aliphatic carbocycles. The van der Waals surface area contributed by atoms with Gasteiger partial charge in [-0.1, -0.05) is 0 Å². The minimum atomic E-state index is 0.00188. The average Bonchev–Trinajstić information content (AvgIpc) is 2.27. The number of halogens is 1. The predicted octanol–water partition coefficient (Wildman–Crippen LogP) is 1.95. The molecule has 1 aliphatic heterocycles. The zero-order valence-electron chi connectivity index (χ0n) is 10.1. The van der Waals surface area contributed by atoms with E-state index in [-0.39, 0.29) is 18.8 Å². The molecule has 0 bridgehead atoms. The van der Waals surface area contributed by atoms with Gasteiger partial charge in [0.25, 0.3) is 0 Å². The molecule has 0 saturated carbocycles. The molecule has 1 fully saturated rings. The van der Waals surface area contributed by atoms with Crippen LogP contribution in [0.25, 0.3) is 0 Å². The summed E-state index contributed by atoms with van der Waals surface area (Å²) < 4.78 is 6.58. The Balaban J connectivity index is 2.26. The predicted molar refractivity (Wildman–Crippen MR) is 70.1 cm³/mol. The fraction of sp³-hybridized carbons (Fsp3) is 0.583. The molecular formula is C12H17BrN2O2. The number of aliphatic hydroxyl groups is 1. The lowest BCUT2D eigenvalue weighted by atomic mass is 10.2. The van der Waals surface area contributed by atoms with Gasteiger partial charge in [0.15, 0.2) is 0 Å². The van der Waals surface area contributed by atoms with Crippen molar-refractivity contribution in [2.75, 3.05) is 18.0 Å². The Kier molecular flexibility index (Phi) is 4.01. The summed E-state index contributed by atoms with van der Waals surface area (Å²) >= 11 is 3.37. The van der Waals surface area contributed by atoms with E-state index in [1.807, 2.05) is 6.07 Å². The van der Waals surface area contributed by atoms with Crippen LogP contribution in [0.2, 0.25) is 0 Å². The molecule has 1 saturated heterocycles. The second-order valence-electron chi connectivity index (χ2n) is 4.46. The van der Waals surface area contributed by atoms with E-state index in [0.29, 0.717) is 0 Å². The van der Waals surface area contributed by atoms with Gasteiger partial charge in [0.2, 0.25) is 0 Å². The molecule has 0 aromatic carbocycles. The zero-order chi connectivity index (χ0) is 12.4. The van der Waals surface area contributed by atoms with E-state index in [4.69, 9.17) is 4.74 Å². The molecule has 0 spiro atoms. The van der Waals surface area contributed by atoms with Gasteiger partial charge < -0.3 is 14.7 Å². The van der Waals surface area contributed by atoms with Gasteiger partial charge in [-0.3, -0.25) is 0 Å². The molecule has 2 heterocycles. The number of nitrogens with zero attached hydrogens (tertiary/aromatic N) is 2. The molecule has 94 valence electrons. The van der Waals surface area contributed by atoms with Crippen LogP contribution in [-0.4, -0.2) is 35.4 Å². The maximum Gasteiger partial charge on any atom is 0.134 e. The van der Waals surface area contributed by atoms with Crippen molar-refractivity contribution in [1.82, 2.24) is 4.98 Å². The van der Waals surface area contributed by atoms with Crippen LogP contribution >= 0.6 is 15.9 Å². The summed E-state index contributed by atoms with van der Waals surface area (Å²) in [4.78, 5) is 6.58. The van der Waals surface area contributed by atoms with Gasteiger partial charge >= 0.3 is 0 Å². The summed E-state index contributed by atoms with van der Waals surface area (Å²) in [6.07, 6.45) is 2.14. The van der Waals surface area contributed by atoms with Gasteiger partial charge in [-0.25, -0.2) is 4.98 Å². The molecule has 0 amide bonds. The maximum absolute atomic E-state index is 9.39. The van der Waals surface area contributed by atoms with Crippen molar-refractivity contribution in [3.8, 4) is 0 Å². The normalized spacial score (nSPS) is 25.1. The third-order valence-electron chi connectivity index (χ3n) is 2.80. The van der Waals surface area contributed by atoms with Gasteiger partial charge in [0.05, 0.1) is 18.8 Å². The van der Waals surface area contributed by atoms with Crippen molar-refractivity contribution < 1.29 is 9.84 Å². The van der Waals surface area contributed by atoms with Crippen LogP contribution in [0.4, 0.5) is 5.82 Å². The molecule has 2 atom stereocenters. The Morgan fingerprint density at radius 1 is 1.47 bits per heavy atom. The van der Waals surface area contributed by atoms with Crippen LogP contribution in [0.1, 0.15) is 19.4 Å². The van der Waals surface area contributed by atoms with Gasteiger partial charge in [-0.05, 0) is 35.8 Å². The summed E-state index contributed by atoms with van der Waals surface area (Å²) in [6, 6.07) is 1.91. The van der Waals surface area contributed by atoms with E-state index >= 15 is 0 Å². The number of pyridine rings is 1. The topological polar surface area (TPSA) is 45.6 Å². The molecule has 1 N–H and O–H groups in total. The van der Waals surface area contributed by atoms with Gasteiger partial charge in [-0.2, -0.15) is 0 Å². The summed E-state index contributed by atoms with van der Waals surface area (Å²) in [5, 5.41) is 9.39. The highest BCUT2D eigenvalue weighted by Crippen LogP contribution is 2.24. The fourth-order valence-corrected chi connectivity index (χ4v) is 2.60. The third-order valence-corrected chi connectivity index (χ3v) is 3.23. The minimum absolute atomic E-state index is 0.00188. The van der Waals surface area contributed by atoms with E-state index < -0.39 is 0 Å².